The van der Waals surface area contributed by atoms with Crippen molar-refractivity contribution < 1.29 is 0 Å². The molecule has 1 aromatic rings. The molecule has 4 nitrogen and oxygen atoms in total. The maximum Gasteiger partial charge on any atom is 0.257 e. The van der Waals surface area contributed by atoms with Gasteiger partial charge in [-0.05, 0) is 13.8 Å². The fraction of sp³-hybridized carbons (Fsp3) is 0.500. The third-order valence-electron chi connectivity index (χ3n) is 1.98. The van der Waals surface area contributed by atoms with Crippen LogP contribution >= 0.6 is 0 Å². The van der Waals surface area contributed by atoms with Gasteiger partial charge in [0, 0.05) is 25.4 Å². The van der Waals surface area contributed by atoms with Crippen LogP contribution in [0, 0.1) is 13.8 Å². The van der Waals surface area contributed by atoms with Gasteiger partial charge in [0.05, 0.1) is 0 Å². The van der Waals surface area contributed by atoms with Gasteiger partial charge in [-0.15, -0.1) is 0 Å². The minimum absolute atomic E-state index is 0.00634. The number of anilines is 1. The first-order valence-electron chi connectivity index (χ1n) is 3.80. The van der Waals surface area contributed by atoms with Crippen LogP contribution in [0.3, 0.4) is 0 Å². The van der Waals surface area contributed by atoms with Gasteiger partial charge in [-0.1, -0.05) is 0 Å². The molecule has 0 spiro atoms. The molecule has 0 bridgehead atoms. The van der Waals surface area contributed by atoms with E-state index < -0.39 is 0 Å². The zero-order valence-electron chi connectivity index (χ0n) is 7.80. The zero-order valence-corrected chi connectivity index (χ0v) is 7.80. The average molecular weight is 167 g/mol. The lowest BCUT2D eigenvalue weighted by Gasteiger charge is -2.08. The van der Waals surface area contributed by atoms with Gasteiger partial charge in [0.15, 0.2) is 0 Å². The third kappa shape index (κ3) is 1.20. The molecule has 0 radical (unpaired) electrons. The second-order valence-corrected chi connectivity index (χ2v) is 2.76. The van der Waals surface area contributed by atoms with E-state index in [9.17, 15) is 4.79 Å². The predicted octanol–water partition coefficient (Wildman–Crippen LogP) is 0.439. The van der Waals surface area contributed by atoms with Crippen LogP contribution in [0.15, 0.2) is 4.79 Å². The lowest BCUT2D eigenvalue weighted by Crippen LogP contribution is -2.24. The van der Waals surface area contributed by atoms with Gasteiger partial charge >= 0.3 is 0 Å². The van der Waals surface area contributed by atoms with E-state index in [1.54, 1.807) is 21.0 Å². The Hall–Kier alpha value is -1.32. The lowest BCUT2D eigenvalue weighted by molar-refractivity contribution is 0.810. The second-order valence-electron chi connectivity index (χ2n) is 2.76. The predicted molar refractivity (Wildman–Crippen MR) is 48.5 cm³/mol. The van der Waals surface area contributed by atoms with Gasteiger partial charge in [-0.2, -0.15) is 0 Å². The van der Waals surface area contributed by atoms with Gasteiger partial charge in [0.25, 0.3) is 5.56 Å². The lowest BCUT2D eigenvalue weighted by atomic mass is 10.3. The Kier molecular flexibility index (Phi) is 2.17. The fourth-order valence-electron chi connectivity index (χ4n) is 1.04. The molecule has 12 heavy (non-hydrogen) atoms. The van der Waals surface area contributed by atoms with E-state index >= 15 is 0 Å². The summed E-state index contributed by atoms with van der Waals surface area (Å²) in [5.41, 5.74) is 1.49. The number of rotatable bonds is 1. The smallest absolute Gasteiger partial charge is 0.257 e. The quantitative estimate of drug-likeness (QED) is 0.660. The van der Waals surface area contributed by atoms with Gasteiger partial charge < -0.3 is 5.32 Å². The van der Waals surface area contributed by atoms with Crippen LogP contribution < -0.4 is 10.9 Å². The fourth-order valence-corrected chi connectivity index (χ4v) is 1.04. The summed E-state index contributed by atoms with van der Waals surface area (Å²) in [6.45, 7) is 3.61. The van der Waals surface area contributed by atoms with Crippen LogP contribution in [-0.2, 0) is 7.05 Å². The molecule has 0 atom stereocenters. The number of hydrogen-bond acceptors (Lipinski definition) is 3. The Morgan fingerprint density at radius 3 is 2.50 bits per heavy atom. The van der Waals surface area contributed by atoms with E-state index in [0.29, 0.717) is 11.5 Å². The molecular weight excluding hydrogens is 154 g/mol. The topological polar surface area (TPSA) is 46.9 Å². The number of nitrogens with one attached hydrogen (secondary N) is 1. The normalized spacial score (nSPS) is 10.0. The molecule has 0 saturated carbocycles. The van der Waals surface area contributed by atoms with E-state index in [2.05, 4.69) is 10.3 Å². The molecule has 0 aliphatic heterocycles. The average Bonchev–Trinajstić information content (AvgIpc) is 2.08. The van der Waals surface area contributed by atoms with E-state index in [0.717, 1.165) is 5.69 Å². The van der Waals surface area contributed by atoms with Crippen molar-refractivity contribution in [2.45, 2.75) is 13.8 Å². The molecule has 1 heterocycles. The van der Waals surface area contributed by atoms with E-state index in [-0.39, 0.29) is 5.56 Å². The van der Waals surface area contributed by atoms with Crippen molar-refractivity contribution in [2.24, 2.45) is 7.05 Å². The van der Waals surface area contributed by atoms with Crippen molar-refractivity contribution in [1.29, 1.82) is 0 Å². The molecular formula is C8H13N3O. The Labute approximate surface area is 71.3 Å². The SMILES string of the molecule is CNc1nc(C)c(C)c(=O)n1C. The molecule has 0 aromatic carbocycles. The summed E-state index contributed by atoms with van der Waals surface area (Å²) in [6, 6.07) is 0. The summed E-state index contributed by atoms with van der Waals surface area (Å²) in [6.07, 6.45) is 0. The van der Waals surface area contributed by atoms with Crippen molar-refractivity contribution >= 4 is 5.95 Å². The van der Waals surface area contributed by atoms with E-state index in [1.807, 2.05) is 6.92 Å². The third-order valence-corrected chi connectivity index (χ3v) is 1.98. The van der Waals surface area contributed by atoms with Crippen molar-refractivity contribution in [2.75, 3.05) is 12.4 Å². The molecule has 0 fully saturated rings. The van der Waals surface area contributed by atoms with E-state index in [1.165, 1.54) is 4.57 Å². The molecule has 0 aliphatic rings. The standard InChI is InChI=1S/C8H13N3O/c1-5-6(2)10-8(9-3)11(4)7(5)12/h1-4H3,(H,9,10). The van der Waals surface area contributed by atoms with Crippen molar-refractivity contribution in [3.63, 3.8) is 0 Å². The Balaban J connectivity index is 3.50. The molecule has 4 heteroatoms. The first-order chi connectivity index (χ1) is 5.57. The van der Waals surface area contributed by atoms with Crippen LogP contribution in [0.2, 0.25) is 0 Å². The Morgan fingerprint density at radius 1 is 1.42 bits per heavy atom. The monoisotopic (exact) mass is 167 g/mol. The van der Waals surface area contributed by atoms with Crippen LogP contribution in [0.25, 0.3) is 0 Å². The van der Waals surface area contributed by atoms with Crippen LogP contribution in [0.1, 0.15) is 11.3 Å². The summed E-state index contributed by atoms with van der Waals surface area (Å²) in [4.78, 5) is 15.7. The van der Waals surface area contributed by atoms with Gasteiger partial charge in [-0.3, -0.25) is 9.36 Å². The summed E-state index contributed by atoms with van der Waals surface area (Å²) in [7, 11) is 3.45. The number of aromatic nitrogens is 2. The van der Waals surface area contributed by atoms with Crippen molar-refractivity contribution in [1.82, 2.24) is 9.55 Å². The van der Waals surface area contributed by atoms with Crippen LogP contribution in [-0.4, -0.2) is 16.6 Å². The first kappa shape index (κ1) is 8.77. The minimum atomic E-state index is 0.00634. The molecule has 1 N–H and O–H groups in total. The van der Waals surface area contributed by atoms with Gasteiger partial charge in [0.1, 0.15) is 0 Å². The molecule has 66 valence electrons. The molecule has 1 rings (SSSR count). The Bertz CT molecular complexity index is 354. The molecule has 0 saturated heterocycles. The zero-order chi connectivity index (χ0) is 9.30. The van der Waals surface area contributed by atoms with Gasteiger partial charge in [-0.25, -0.2) is 4.98 Å². The van der Waals surface area contributed by atoms with E-state index in [4.69, 9.17) is 0 Å². The Morgan fingerprint density at radius 2 is 2.00 bits per heavy atom. The minimum Gasteiger partial charge on any atom is -0.359 e. The molecule has 0 aliphatic carbocycles. The molecule has 0 amide bonds. The van der Waals surface area contributed by atoms with Crippen molar-refractivity contribution in [3.8, 4) is 0 Å². The number of hydrogen-bond donors (Lipinski definition) is 1. The highest BCUT2D eigenvalue weighted by Crippen LogP contribution is 2.02. The molecule has 0 unspecified atom stereocenters. The van der Waals surface area contributed by atoms with Gasteiger partial charge in [0.2, 0.25) is 5.95 Å². The second kappa shape index (κ2) is 2.97. The largest absolute Gasteiger partial charge is 0.359 e. The summed E-state index contributed by atoms with van der Waals surface area (Å²) >= 11 is 0. The maximum atomic E-state index is 11.5. The maximum absolute atomic E-state index is 11.5. The molecule has 1 aromatic heterocycles. The first-order valence-corrected chi connectivity index (χ1v) is 3.80. The van der Waals surface area contributed by atoms with Crippen LogP contribution in [0.5, 0.6) is 0 Å². The summed E-state index contributed by atoms with van der Waals surface area (Å²) in [5, 5.41) is 2.86. The highest BCUT2D eigenvalue weighted by molar-refractivity contribution is 5.29. The summed E-state index contributed by atoms with van der Waals surface area (Å²) in [5.74, 6) is 0.600. The highest BCUT2D eigenvalue weighted by Gasteiger charge is 2.05. The van der Waals surface area contributed by atoms with Crippen LogP contribution in [0.4, 0.5) is 5.95 Å². The highest BCUT2D eigenvalue weighted by atomic mass is 16.1. The number of nitrogens with zero attached hydrogens (tertiary/aromatic N) is 2. The summed E-state index contributed by atoms with van der Waals surface area (Å²) < 4.78 is 1.50. The van der Waals surface area contributed by atoms with Crippen molar-refractivity contribution in [3.05, 3.63) is 21.6 Å². The number of aryl methyl sites for hydroxylation is 1.